The molecule has 0 heterocycles. The van der Waals surface area contributed by atoms with Crippen molar-refractivity contribution in [3.05, 3.63) is 53.6 Å². The molecule has 23 heavy (non-hydrogen) atoms. The maximum Gasteiger partial charge on any atom is 0.161 e. The highest BCUT2D eigenvalue weighted by molar-refractivity contribution is 7.80. The molecule has 0 spiro atoms. The molecule has 0 aliphatic heterocycles. The molecule has 1 atom stereocenters. The fourth-order valence-corrected chi connectivity index (χ4v) is 2.54. The van der Waals surface area contributed by atoms with E-state index in [1.807, 2.05) is 49.4 Å². The molecule has 2 rings (SSSR count). The second-order valence-corrected chi connectivity index (χ2v) is 5.69. The summed E-state index contributed by atoms with van der Waals surface area (Å²) in [7, 11) is 3.19. The number of thiol groups is 1. The number of rotatable bonds is 6. The standard InChI is InChI=1S/C17H21N3O2S/c1-17(18,13-6-4-5-7-16(13)23)20-19-11-12-8-9-14(21-2)15(10-12)22-3/h4-11,20,23H,18H2,1-3H3/b19-11+/t17-/m1/s1. The molecule has 0 aliphatic carbocycles. The molecule has 0 unspecified atom stereocenters. The number of ether oxygens (including phenoxy) is 2. The molecule has 0 radical (unpaired) electrons. The largest absolute Gasteiger partial charge is 0.493 e. The van der Waals surface area contributed by atoms with E-state index in [2.05, 4.69) is 23.2 Å². The highest BCUT2D eigenvalue weighted by atomic mass is 32.1. The summed E-state index contributed by atoms with van der Waals surface area (Å²) in [6.45, 7) is 1.84. The van der Waals surface area contributed by atoms with Crippen LogP contribution < -0.4 is 20.6 Å². The molecule has 3 N–H and O–H groups in total. The van der Waals surface area contributed by atoms with Gasteiger partial charge in [-0.3, -0.25) is 5.43 Å². The lowest BCUT2D eigenvalue weighted by Gasteiger charge is -2.26. The van der Waals surface area contributed by atoms with Gasteiger partial charge in [0.15, 0.2) is 11.5 Å². The summed E-state index contributed by atoms with van der Waals surface area (Å²) < 4.78 is 10.5. The van der Waals surface area contributed by atoms with Gasteiger partial charge >= 0.3 is 0 Å². The summed E-state index contributed by atoms with van der Waals surface area (Å²) >= 11 is 4.43. The lowest BCUT2D eigenvalue weighted by molar-refractivity contribution is 0.355. The van der Waals surface area contributed by atoms with Gasteiger partial charge in [0.2, 0.25) is 0 Å². The first-order valence-electron chi connectivity index (χ1n) is 7.07. The van der Waals surface area contributed by atoms with Gasteiger partial charge in [0, 0.05) is 10.5 Å². The van der Waals surface area contributed by atoms with E-state index in [0.717, 1.165) is 16.0 Å². The number of methoxy groups -OCH3 is 2. The molecule has 0 fully saturated rings. The molecule has 122 valence electrons. The first-order chi connectivity index (χ1) is 11.0. The predicted molar refractivity (Wildman–Crippen MR) is 95.5 cm³/mol. The summed E-state index contributed by atoms with van der Waals surface area (Å²) in [6.07, 6.45) is 1.67. The quantitative estimate of drug-likeness (QED) is 0.329. The zero-order valence-electron chi connectivity index (χ0n) is 13.4. The number of nitrogens with two attached hydrogens (primary N) is 1. The summed E-state index contributed by atoms with van der Waals surface area (Å²) in [5.41, 5.74) is 10.1. The third-order valence-electron chi connectivity index (χ3n) is 3.38. The van der Waals surface area contributed by atoms with Crippen LogP contribution in [-0.2, 0) is 5.66 Å². The van der Waals surface area contributed by atoms with Gasteiger partial charge in [0.1, 0.15) is 5.66 Å². The van der Waals surface area contributed by atoms with E-state index in [1.165, 1.54) is 0 Å². The monoisotopic (exact) mass is 331 g/mol. The highest BCUT2D eigenvalue weighted by Gasteiger charge is 2.21. The van der Waals surface area contributed by atoms with Crippen LogP contribution in [-0.4, -0.2) is 20.4 Å². The summed E-state index contributed by atoms with van der Waals surface area (Å²) in [6, 6.07) is 13.2. The zero-order valence-corrected chi connectivity index (χ0v) is 14.3. The van der Waals surface area contributed by atoms with E-state index >= 15 is 0 Å². The number of hydrazone groups is 1. The number of hydrogen-bond donors (Lipinski definition) is 3. The van der Waals surface area contributed by atoms with Crippen LogP contribution >= 0.6 is 12.6 Å². The van der Waals surface area contributed by atoms with Gasteiger partial charge in [0.05, 0.1) is 20.4 Å². The van der Waals surface area contributed by atoms with E-state index in [0.29, 0.717) is 11.5 Å². The highest BCUT2D eigenvalue weighted by Crippen LogP contribution is 2.27. The van der Waals surface area contributed by atoms with E-state index < -0.39 is 5.66 Å². The Balaban J connectivity index is 2.13. The first kappa shape index (κ1) is 17.2. The maximum atomic E-state index is 6.29. The van der Waals surface area contributed by atoms with Gasteiger partial charge in [0.25, 0.3) is 0 Å². The average molecular weight is 331 g/mol. The lowest BCUT2D eigenvalue weighted by atomic mass is 10.0. The summed E-state index contributed by atoms with van der Waals surface area (Å²) in [5, 5.41) is 4.23. The Morgan fingerprint density at radius 3 is 2.48 bits per heavy atom. The maximum absolute atomic E-state index is 6.29. The predicted octanol–water partition coefficient (Wildman–Crippen LogP) is 2.75. The topological polar surface area (TPSA) is 68.9 Å². The second kappa shape index (κ2) is 7.39. The van der Waals surface area contributed by atoms with Crippen molar-refractivity contribution in [1.82, 2.24) is 5.43 Å². The third kappa shape index (κ3) is 4.18. The fraction of sp³-hybridized carbons (Fsp3) is 0.235. The van der Waals surface area contributed by atoms with Gasteiger partial charge in [-0.05, 0) is 36.8 Å². The van der Waals surface area contributed by atoms with Crippen molar-refractivity contribution in [2.24, 2.45) is 10.8 Å². The van der Waals surface area contributed by atoms with Crippen molar-refractivity contribution in [3.63, 3.8) is 0 Å². The molecule has 2 aromatic rings. The summed E-state index contributed by atoms with van der Waals surface area (Å²) in [4.78, 5) is 0.811. The Morgan fingerprint density at radius 2 is 1.83 bits per heavy atom. The minimum Gasteiger partial charge on any atom is -0.493 e. The SMILES string of the molecule is COc1ccc(/C=N/N[C@@](C)(N)c2ccccc2S)cc1OC. The van der Waals surface area contributed by atoms with Gasteiger partial charge < -0.3 is 15.2 Å². The van der Waals surface area contributed by atoms with Crippen molar-refractivity contribution in [1.29, 1.82) is 0 Å². The van der Waals surface area contributed by atoms with Crippen LogP contribution in [0.2, 0.25) is 0 Å². The zero-order chi connectivity index (χ0) is 16.9. The average Bonchev–Trinajstić information content (AvgIpc) is 2.54. The van der Waals surface area contributed by atoms with Crippen molar-refractivity contribution < 1.29 is 9.47 Å². The molecule has 0 saturated carbocycles. The van der Waals surface area contributed by atoms with Crippen LogP contribution in [0.4, 0.5) is 0 Å². The van der Waals surface area contributed by atoms with Gasteiger partial charge in [-0.2, -0.15) is 5.10 Å². The Hall–Kier alpha value is -2.18. The Morgan fingerprint density at radius 1 is 1.13 bits per heavy atom. The van der Waals surface area contributed by atoms with Crippen molar-refractivity contribution in [2.75, 3.05) is 14.2 Å². The molecular weight excluding hydrogens is 310 g/mol. The Bertz CT molecular complexity index is 702. The fourth-order valence-electron chi connectivity index (χ4n) is 2.15. The van der Waals surface area contributed by atoms with E-state index in [9.17, 15) is 0 Å². The van der Waals surface area contributed by atoms with Crippen LogP contribution in [0, 0.1) is 0 Å². The smallest absolute Gasteiger partial charge is 0.161 e. The van der Waals surface area contributed by atoms with Gasteiger partial charge in [-0.1, -0.05) is 18.2 Å². The normalized spacial score (nSPS) is 13.6. The minimum absolute atomic E-state index is 0.646. The molecular formula is C17H21N3O2S. The Labute approximate surface area is 141 Å². The lowest BCUT2D eigenvalue weighted by Crippen LogP contribution is -2.45. The molecule has 0 bridgehead atoms. The second-order valence-electron chi connectivity index (χ2n) is 5.20. The molecule has 0 aliphatic rings. The number of nitrogens with zero attached hydrogens (tertiary/aromatic N) is 1. The van der Waals surface area contributed by atoms with Crippen LogP contribution in [0.3, 0.4) is 0 Å². The Kier molecular flexibility index (Phi) is 5.52. The molecule has 0 aromatic heterocycles. The number of hydrogen-bond acceptors (Lipinski definition) is 6. The van der Waals surface area contributed by atoms with E-state index in [4.69, 9.17) is 15.2 Å². The molecule has 2 aromatic carbocycles. The molecule has 5 nitrogen and oxygen atoms in total. The third-order valence-corrected chi connectivity index (χ3v) is 3.77. The molecule has 0 saturated heterocycles. The molecule has 6 heteroatoms. The van der Waals surface area contributed by atoms with Crippen LogP contribution in [0.25, 0.3) is 0 Å². The van der Waals surface area contributed by atoms with Crippen molar-refractivity contribution in [3.8, 4) is 11.5 Å². The first-order valence-corrected chi connectivity index (χ1v) is 7.52. The number of benzene rings is 2. The van der Waals surface area contributed by atoms with Crippen molar-refractivity contribution in [2.45, 2.75) is 17.5 Å². The van der Waals surface area contributed by atoms with Gasteiger partial charge in [-0.15, -0.1) is 12.6 Å². The minimum atomic E-state index is -0.828. The number of nitrogens with one attached hydrogen (secondary N) is 1. The van der Waals surface area contributed by atoms with Crippen LogP contribution in [0.5, 0.6) is 11.5 Å². The van der Waals surface area contributed by atoms with Gasteiger partial charge in [-0.25, -0.2) is 0 Å². The van der Waals surface area contributed by atoms with E-state index in [1.54, 1.807) is 20.4 Å². The van der Waals surface area contributed by atoms with Crippen LogP contribution in [0.1, 0.15) is 18.1 Å². The summed E-state index contributed by atoms with van der Waals surface area (Å²) in [5.74, 6) is 1.32. The van der Waals surface area contributed by atoms with Crippen LogP contribution in [0.15, 0.2) is 52.5 Å². The van der Waals surface area contributed by atoms with Crippen molar-refractivity contribution >= 4 is 18.8 Å². The van der Waals surface area contributed by atoms with E-state index in [-0.39, 0.29) is 0 Å². The molecule has 0 amide bonds.